The van der Waals surface area contributed by atoms with Crippen molar-refractivity contribution < 1.29 is 19.8 Å². The van der Waals surface area contributed by atoms with Gasteiger partial charge in [-0.1, -0.05) is 27.7 Å². The van der Waals surface area contributed by atoms with E-state index < -0.39 is 29.7 Å². The lowest BCUT2D eigenvalue weighted by Gasteiger charge is -2.27. The van der Waals surface area contributed by atoms with Crippen LogP contribution in [0.3, 0.4) is 0 Å². The summed E-state index contributed by atoms with van der Waals surface area (Å²) in [5, 5.41) is 19.0. The molecule has 1 aromatic heterocycles. The zero-order valence-electron chi connectivity index (χ0n) is 14.9. The summed E-state index contributed by atoms with van der Waals surface area (Å²) < 4.78 is 0.934. The second-order valence-electron chi connectivity index (χ2n) is 6.83. The van der Waals surface area contributed by atoms with Gasteiger partial charge in [-0.2, -0.15) is 0 Å². The summed E-state index contributed by atoms with van der Waals surface area (Å²) in [6.45, 7) is 9.92. The lowest BCUT2D eigenvalue weighted by Crippen LogP contribution is -2.38. The summed E-state index contributed by atoms with van der Waals surface area (Å²) in [4.78, 5) is 37.4. The van der Waals surface area contributed by atoms with Crippen LogP contribution in [-0.4, -0.2) is 44.6 Å². The van der Waals surface area contributed by atoms with Crippen molar-refractivity contribution in [2.45, 2.75) is 41.2 Å². The van der Waals surface area contributed by atoms with Crippen LogP contribution in [0.1, 0.15) is 43.7 Å². The Labute approximate surface area is 141 Å². The molecule has 0 aromatic carbocycles. The van der Waals surface area contributed by atoms with Crippen molar-refractivity contribution in [2.75, 3.05) is 13.1 Å². The van der Waals surface area contributed by atoms with E-state index in [1.54, 1.807) is 4.90 Å². The number of nitrogens with zero attached hydrogens (tertiary/aromatic N) is 2. The summed E-state index contributed by atoms with van der Waals surface area (Å²) in [5.74, 6) is -1.84. The number of amides is 1. The SMILES string of the molecule is Cc1cc(C(=O)N(CC(C)C)CC(C)C)c(O)c(=O)n1CC(=O)O. The van der Waals surface area contributed by atoms with Gasteiger partial charge in [0.25, 0.3) is 11.5 Å². The fraction of sp³-hybridized carbons (Fsp3) is 0.588. The molecule has 0 fully saturated rings. The van der Waals surface area contributed by atoms with Crippen LogP contribution >= 0.6 is 0 Å². The Morgan fingerprint density at radius 3 is 2.08 bits per heavy atom. The Kier molecular flexibility index (Phi) is 6.57. The van der Waals surface area contributed by atoms with Gasteiger partial charge in [0.1, 0.15) is 6.54 Å². The van der Waals surface area contributed by atoms with Crippen LogP contribution < -0.4 is 5.56 Å². The second kappa shape index (κ2) is 7.99. The lowest BCUT2D eigenvalue weighted by atomic mass is 10.1. The molecule has 24 heavy (non-hydrogen) atoms. The molecule has 0 aliphatic rings. The van der Waals surface area contributed by atoms with Crippen molar-refractivity contribution in [3.8, 4) is 5.75 Å². The molecule has 0 saturated carbocycles. The van der Waals surface area contributed by atoms with E-state index >= 15 is 0 Å². The van der Waals surface area contributed by atoms with Crippen molar-refractivity contribution in [3.05, 3.63) is 27.7 Å². The molecule has 7 nitrogen and oxygen atoms in total. The third-order valence-electron chi connectivity index (χ3n) is 3.46. The molecule has 2 N–H and O–H groups in total. The smallest absolute Gasteiger partial charge is 0.323 e. The highest BCUT2D eigenvalue weighted by Crippen LogP contribution is 2.18. The van der Waals surface area contributed by atoms with Gasteiger partial charge >= 0.3 is 5.97 Å². The van der Waals surface area contributed by atoms with E-state index in [9.17, 15) is 19.5 Å². The predicted molar refractivity (Wildman–Crippen MR) is 90.3 cm³/mol. The van der Waals surface area contributed by atoms with Gasteiger partial charge < -0.3 is 15.1 Å². The van der Waals surface area contributed by atoms with Gasteiger partial charge in [0.05, 0.1) is 5.56 Å². The second-order valence-corrected chi connectivity index (χ2v) is 6.83. The average molecular weight is 338 g/mol. The minimum atomic E-state index is -1.19. The molecule has 1 heterocycles. The topological polar surface area (TPSA) is 99.8 Å². The number of hydrogen-bond donors (Lipinski definition) is 2. The monoisotopic (exact) mass is 338 g/mol. The van der Waals surface area contributed by atoms with E-state index in [0.717, 1.165) is 4.57 Å². The maximum Gasteiger partial charge on any atom is 0.323 e. The molecule has 0 unspecified atom stereocenters. The van der Waals surface area contributed by atoms with Gasteiger partial charge in [-0.3, -0.25) is 19.0 Å². The van der Waals surface area contributed by atoms with Gasteiger partial charge in [0.2, 0.25) is 0 Å². The van der Waals surface area contributed by atoms with Gasteiger partial charge in [-0.15, -0.1) is 0 Å². The maximum atomic E-state index is 12.8. The van der Waals surface area contributed by atoms with Gasteiger partial charge in [-0.05, 0) is 24.8 Å². The molecule has 0 aliphatic heterocycles. The molecule has 0 spiro atoms. The molecule has 1 aromatic rings. The van der Waals surface area contributed by atoms with Crippen molar-refractivity contribution in [1.29, 1.82) is 0 Å². The van der Waals surface area contributed by atoms with E-state index in [-0.39, 0.29) is 17.4 Å². The number of hydrogen-bond acceptors (Lipinski definition) is 4. The highest BCUT2D eigenvalue weighted by Gasteiger charge is 2.24. The zero-order chi connectivity index (χ0) is 18.6. The fourth-order valence-corrected chi connectivity index (χ4v) is 2.55. The first-order chi connectivity index (χ1) is 11.0. The molecule has 1 rings (SSSR count). The first-order valence-corrected chi connectivity index (χ1v) is 7.99. The lowest BCUT2D eigenvalue weighted by molar-refractivity contribution is -0.137. The number of aliphatic carboxylic acids is 1. The van der Waals surface area contributed by atoms with Crippen LogP contribution in [0.4, 0.5) is 0 Å². The number of carbonyl (C=O) groups is 2. The predicted octanol–water partition coefficient (Wildman–Crippen LogP) is 1.70. The zero-order valence-corrected chi connectivity index (χ0v) is 14.9. The summed E-state index contributed by atoms with van der Waals surface area (Å²) in [6.07, 6.45) is 0. The number of carbonyl (C=O) groups excluding carboxylic acids is 1. The Balaban J connectivity index is 3.31. The first-order valence-electron chi connectivity index (χ1n) is 7.99. The summed E-state index contributed by atoms with van der Waals surface area (Å²) >= 11 is 0. The normalized spacial score (nSPS) is 11.1. The molecule has 0 aliphatic carbocycles. The number of pyridine rings is 1. The molecule has 0 radical (unpaired) electrons. The van der Waals surface area contributed by atoms with Crippen LogP contribution in [0.15, 0.2) is 10.9 Å². The van der Waals surface area contributed by atoms with E-state index in [0.29, 0.717) is 18.8 Å². The van der Waals surface area contributed by atoms with Crippen molar-refractivity contribution in [3.63, 3.8) is 0 Å². The summed E-state index contributed by atoms with van der Waals surface area (Å²) in [6, 6.07) is 1.37. The number of aromatic nitrogens is 1. The van der Waals surface area contributed by atoms with Crippen molar-refractivity contribution in [2.24, 2.45) is 11.8 Å². The molecule has 134 valence electrons. The average Bonchev–Trinajstić information content (AvgIpc) is 2.44. The van der Waals surface area contributed by atoms with Gasteiger partial charge in [0, 0.05) is 18.8 Å². The van der Waals surface area contributed by atoms with Crippen molar-refractivity contribution in [1.82, 2.24) is 9.47 Å². The largest absolute Gasteiger partial charge is 0.502 e. The molecule has 7 heteroatoms. The Morgan fingerprint density at radius 2 is 1.67 bits per heavy atom. The Hall–Kier alpha value is -2.31. The standard InChI is InChI=1S/C17H26N2O5/c1-10(2)7-18(8-11(3)4)16(23)13-6-12(5)19(9-14(20)21)17(24)15(13)22/h6,10-11,22H,7-9H2,1-5H3,(H,20,21). The van der Waals surface area contributed by atoms with Crippen molar-refractivity contribution >= 4 is 11.9 Å². The van der Waals surface area contributed by atoms with E-state index in [2.05, 4.69) is 0 Å². The highest BCUT2D eigenvalue weighted by molar-refractivity contribution is 5.96. The third-order valence-corrected chi connectivity index (χ3v) is 3.46. The van der Waals surface area contributed by atoms with Crippen LogP contribution in [0.2, 0.25) is 0 Å². The maximum absolute atomic E-state index is 12.8. The van der Waals surface area contributed by atoms with Gasteiger partial charge in [-0.25, -0.2) is 0 Å². The van der Waals surface area contributed by atoms with E-state index in [1.165, 1.54) is 13.0 Å². The van der Waals surface area contributed by atoms with Crippen LogP contribution in [0.5, 0.6) is 5.75 Å². The number of aryl methyl sites for hydroxylation is 1. The summed E-state index contributed by atoms with van der Waals surface area (Å²) in [7, 11) is 0. The molecular formula is C17H26N2O5. The molecule has 0 atom stereocenters. The molecular weight excluding hydrogens is 312 g/mol. The van der Waals surface area contributed by atoms with Gasteiger partial charge in [0.15, 0.2) is 5.75 Å². The fourth-order valence-electron chi connectivity index (χ4n) is 2.55. The van der Waals surface area contributed by atoms with E-state index in [4.69, 9.17) is 5.11 Å². The number of aromatic hydroxyl groups is 1. The van der Waals surface area contributed by atoms with Crippen LogP contribution in [-0.2, 0) is 11.3 Å². The molecule has 0 saturated heterocycles. The highest BCUT2D eigenvalue weighted by atomic mass is 16.4. The third kappa shape index (κ3) is 4.84. The number of carboxylic acid groups (broad SMARTS) is 1. The number of rotatable bonds is 7. The van der Waals surface area contributed by atoms with Crippen LogP contribution in [0.25, 0.3) is 0 Å². The summed E-state index contributed by atoms with van der Waals surface area (Å²) in [5.41, 5.74) is -0.632. The minimum absolute atomic E-state index is 0.0829. The molecule has 0 bridgehead atoms. The first kappa shape index (κ1) is 19.7. The Bertz CT molecular complexity index is 666. The quantitative estimate of drug-likeness (QED) is 0.788. The number of carboxylic acids is 1. The van der Waals surface area contributed by atoms with E-state index in [1.807, 2.05) is 27.7 Å². The Morgan fingerprint density at radius 1 is 1.17 bits per heavy atom. The molecule has 1 amide bonds. The van der Waals surface area contributed by atoms with Crippen LogP contribution in [0, 0.1) is 18.8 Å². The minimum Gasteiger partial charge on any atom is -0.502 e.